The number of hydrogen-bond donors (Lipinski definition) is 1. The predicted molar refractivity (Wildman–Crippen MR) is 75.1 cm³/mol. The minimum atomic E-state index is -0.684. The minimum Gasteiger partial charge on any atom is -0.460 e. The summed E-state index contributed by atoms with van der Waals surface area (Å²) in [5, 5.41) is 12.9. The Morgan fingerprint density at radius 1 is 1.16 bits per heavy atom. The van der Waals surface area contributed by atoms with Gasteiger partial charge < -0.3 is 9.52 Å². The first-order valence-electron chi connectivity index (χ1n) is 5.99. The van der Waals surface area contributed by atoms with Gasteiger partial charge in [0.1, 0.15) is 22.6 Å². The van der Waals surface area contributed by atoms with Gasteiger partial charge in [0, 0.05) is 5.38 Å². The maximum atomic E-state index is 10.3. The van der Waals surface area contributed by atoms with Crippen LogP contribution < -0.4 is 0 Å². The third-order valence-electron chi connectivity index (χ3n) is 2.86. The van der Waals surface area contributed by atoms with Crippen LogP contribution in [0, 0.1) is 6.92 Å². The number of benzene rings is 1. The molecule has 0 fully saturated rings. The molecule has 96 valence electrons. The number of aromatic nitrogens is 1. The molecule has 4 heteroatoms. The van der Waals surface area contributed by atoms with E-state index in [0.717, 1.165) is 22.8 Å². The molecule has 0 aliphatic rings. The van der Waals surface area contributed by atoms with Gasteiger partial charge in [-0.3, -0.25) is 0 Å². The maximum Gasteiger partial charge on any atom is 0.153 e. The van der Waals surface area contributed by atoms with Crippen LogP contribution >= 0.6 is 11.3 Å². The standard InChI is InChI=1S/C15H13NO2S/c1-10-7-8-13(18-10)12-9-19-15(16-12)14(17)11-5-3-2-4-6-11/h2-9,14,17H,1H3. The largest absolute Gasteiger partial charge is 0.460 e. The van der Waals surface area contributed by atoms with Crippen molar-refractivity contribution in [2.24, 2.45) is 0 Å². The Balaban J connectivity index is 1.89. The van der Waals surface area contributed by atoms with Crippen LogP contribution in [0.4, 0.5) is 0 Å². The van der Waals surface area contributed by atoms with E-state index in [1.165, 1.54) is 11.3 Å². The lowest BCUT2D eigenvalue weighted by Crippen LogP contribution is -1.98. The average molecular weight is 271 g/mol. The van der Waals surface area contributed by atoms with Gasteiger partial charge in [-0.2, -0.15) is 0 Å². The van der Waals surface area contributed by atoms with E-state index in [-0.39, 0.29) is 0 Å². The summed E-state index contributed by atoms with van der Waals surface area (Å²) >= 11 is 1.44. The normalized spacial score (nSPS) is 12.5. The van der Waals surface area contributed by atoms with Crippen molar-refractivity contribution in [2.45, 2.75) is 13.0 Å². The fraction of sp³-hybridized carbons (Fsp3) is 0.133. The summed E-state index contributed by atoms with van der Waals surface area (Å²) in [7, 11) is 0. The average Bonchev–Trinajstić information content (AvgIpc) is 3.07. The Bertz CT molecular complexity index is 672. The highest BCUT2D eigenvalue weighted by Crippen LogP contribution is 2.29. The number of hydrogen-bond acceptors (Lipinski definition) is 4. The molecule has 3 aromatic rings. The van der Waals surface area contributed by atoms with E-state index in [4.69, 9.17) is 4.42 Å². The van der Waals surface area contributed by atoms with E-state index in [0.29, 0.717) is 5.01 Å². The molecular formula is C15H13NO2S. The molecule has 3 rings (SSSR count). The molecule has 0 spiro atoms. The minimum absolute atomic E-state index is 0.676. The fourth-order valence-electron chi connectivity index (χ4n) is 1.88. The van der Waals surface area contributed by atoms with Gasteiger partial charge in [-0.25, -0.2) is 4.98 Å². The zero-order chi connectivity index (χ0) is 13.2. The van der Waals surface area contributed by atoms with Crippen molar-refractivity contribution in [3.8, 4) is 11.5 Å². The summed E-state index contributed by atoms with van der Waals surface area (Å²) in [6.45, 7) is 1.90. The van der Waals surface area contributed by atoms with Crippen LogP contribution in [0.1, 0.15) is 22.4 Å². The van der Waals surface area contributed by atoms with E-state index in [2.05, 4.69) is 4.98 Å². The fourth-order valence-corrected chi connectivity index (χ4v) is 2.69. The first-order valence-corrected chi connectivity index (χ1v) is 6.87. The zero-order valence-electron chi connectivity index (χ0n) is 10.4. The summed E-state index contributed by atoms with van der Waals surface area (Å²) in [5.74, 6) is 1.59. The predicted octanol–water partition coefficient (Wildman–Crippen LogP) is 3.79. The van der Waals surface area contributed by atoms with Crippen LogP contribution in [0.2, 0.25) is 0 Å². The molecule has 2 heterocycles. The van der Waals surface area contributed by atoms with Gasteiger partial charge in [0.15, 0.2) is 5.76 Å². The van der Waals surface area contributed by atoms with Gasteiger partial charge in [0.2, 0.25) is 0 Å². The van der Waals surface area contributed by atoms with Crippen molar-refractivity contribution in [3.05, 3.63) is 64.2 Å². The first kappa shape index (κ1) is 12.1. The second kappa shape index (κ2) is 4.99. The molecule has 3 nitrogen and oxygen atoms in total. The van der Waals surface area contributed by atoms with E-state index in [1.54, 1.807) is 0 Å². The van der Waals surface area contributed by atoms with E-state index in [1.807, 2.05) is 54.8 Å². The topological polar surface area (TPSA) is 46.3 Å². The van der Waals surface area contributed by atoms with Gasteiger partial charge >= 0.3 is 0 Å². The Morgan fingerprint density at radius 2 is 1.95 bits per heavy atom. The van der Waals surface area contributed by atoms with Crippen LogP contribution in [-0.4, -0.2) is 10.1 Å². The Kier molecular flexibility index (Phi) is 3.19. The van der Waals surface area contributed by atoms with Crippen LogP contribution in [0.15, 0.2) is 52.3 Å². The van der Waals surface area contributed by atoms with Crippen LogP contribution in [0.5, 0.6) is 0 Å². The molecule has 1 aromatic carbocycles. The van der Waals surface area contributed by atoms with Crippen molar-refractivity contribution in [2.75, 3.05) is 0 Å². The molecule has 0 aliphatic heterocycles. The molecule has 0 saturated carbocycles. The molecule has 1 unspecified atom stereocenters. The molecule has 1 N–H and O–H groups in total. The van der Waals surface area contributed by atoms with Gasteiger partial charge in [-0.15, -0.1) is 11.3 Å². The van der Waals surface area contributed by atoms with Crippen LogP contribution in [0.25, 0.3) is 11.5 Å². The van der Waals surface area contributed by atoms with Crippen molar-refractivity contribution < 1.29 is 9.52 Å². The Hall–Kier alpha value is -1.91. The number of aliphatic hydroxyl groups is 1. The van der Waals surface area contributed by atoms with Gasteiger partial charge in [0.05, 0.1) is 0 Å². The molecule has 1 atom stereocenters. The summed E-state index contributed by atoms with van der Waals surface area (Å²) in [5.41, 5.74) is 1.61. The van der Waals surface area contributed by atoms with E-state index < -0.39 is 6.10 Å². The summed E-state index contributed by atoms with van der Waals surface area (Å²) in [6, 6.07) is 13.3. The second-order valence-electron chi connectivity index (χ2n) is 4.29. The SMILES string of the molecule is Cc1ccc(-c2csc(C(O)c3ccccc3)n2)o1. The third kappa shape index (κ3) is 2.45. The molecular weight excluding hydrogens is 258 g/mol. The van der Waals surface area contributed by atoms with Crippen molar-refractivity contribution in [1.82, 2.24) is 4.98 Å². The number of thiazole rings is 1. The third-order valence-corrected chi connectivity index (χ3v) is 3.76. The van der Waals surface area contributed by atoms with Crippen molar-refractivity contribution in [1.29, 1.82) is 0 Å². The Labute approximate surface area is 115 Å². The quantitative estimate of drug-likeness (QED) is 0.788. The molecule has 0 bridgehead atoms. The number of aliphatic hydroxyl groups excluding tert-OH is 1. The highest BCUT2D eigenvalue weighted by atomic mass is 32.1. The monoisotopic (exact) mass is 271 g/mol. The van der Waals surface area contributed by atoms with Gasteiger partial charge in [-0.05, 0) is 24.6 Å². The van der Waals surface area contributed by atoms with Crippen LogP contribution in [0.3, 0.4) is 0 Å². The summed E-state index contributed by atoms with van der Waals surface area (Å²) in [4.78, 5) is 4.44. The van der Waals surface area contributed by atoms with E-state index in [9.17, 15) is 5.11 Å². The second-order valence-corrected chi connectivity index (χ2v) is 5.18. The lowest BCUT2D eigenvalue weighted by molar-refractivity contribution is 0.220. The summed E-state index contributed by atoms with van der Waals surface area (Å²) < 4.78 is 5.53. The molecule has 0 radical (unpaired) electrons. The maximum absolute atomic E-state index is 10.3. The van der Waals surface area contributed by atoms with Crippen molar-refractivity contribution in [3.63, 3.8) is 0 Å². The highest BCUT2D eigenvalue weighted by Gasteiger charge is 2.16. The lowest BCUT2D eigenvalue weighted by atomic mass is 10.1. The number of rotatable bonds is 3. The highest BCUT2D eigenvalue weighted by molar-refractivity contribution is 7.10. The van der Waals surface area contributed by atoms with Gasteiger partial charge in [-0.1, -0.05) is 30.3 Å². The Morgan fingerprint density at radius 3 is 2.63 bits per heavy atom. The van der Waals surface area contributed by atoms with Crippen molar-refractivity contribution >= 4 is 11.3 Å². The molecule has 0 amide bonds. The van der Waals surface area contributed by atoms with E-state index >= 15 is 0 Å². The number of nitrogens with zero attached hydrogens (tertiary/aromatic N) is 1. The lowest BCUT2D eigenvalue weighted by Gasteiger charge is -2.06. The zero-order valence-corrected chi connectivity index (χ0v) is 11.2. The van der Waals surface area contributed by atoms with Gasteiger partial charge in [0.25, 0.3) is 0 Å². The smallest absolute Gasteiger partial charge is 0.153 e. The molecule has 19 heavy (non-hydrogen) atoms. The molecule has 0 aliphatic carbocycles. The van der Waals surface area contributed by atoms with Crippen LogP contribution in [-0.2, 0) is 0 Å². The molecule has 0 saturated heterocycles. The summed E-state index contributed by atoms with van der Waals surface area (Å²) in [6.07, 6.45) is -0.684. The number of aryl methyl sites for hydroxylation is 1. The first-order chi connectivity index (χ1) is 9.24. The number of furan rings is 1. The molecule has 2 aromatic heterocycles.